The number of aromatic nitrogens is 1. The fraction of sp³-hybridized carbons (Fsp3) is 0.367. The zero-order valence-electron chi connectivity index (χ0n) is 34.0. The molecule has 1 aliphatic heterocycles. The third kappa shape index (κ3) is 10.3. The number of carbonyl (C=O) groups excluding carboxylic acids is 1. The number of hydrogen-bond donors (Lipinski definition) is 1. The van der Waals surface area contributed by atoms with Crippen LogP contribution in [0, 0.1) is 0 Å². The molecule has 1 N–H and O–H groups in total. The van der Waals surface area contributed by atoms with Crippen molar-refractivity contribution in [3.63, 3.8) is 0 Å². The topological polar surface area (TPSA) is 75.4 Å². The van der Waals surface area contributed by atoms with Gasteiger partial charge in [-0.05, 0) is 89.8 Å². The van der Waals surface area contributed by atoms with Gasteiger partial charge >= 0.3 is 0 Å². The first-order valence-electron chi connectivity index (χ1n) is 20.5. The molecule has 6 rings (SSSR count). The average Bonchev–Trinajstić information content (AvgIpc) is 3.19. The Morgan fingerprint density at radius 3 is 1.98 bits per heavy atom. The Kier molecular flexibility index (Phi) is 13.7. The highest BCUT2D eigenvalue weighted by atomic mass is 32.2. The molecule has 1 aliphatic carbocycles. The van der Waals surface area contributed by atoms with Crippen LogP contribution < -0.4 is 15.6 Å². The van der Waals surface area contributed by atoms with E-state index in [0.29, 0.717) is 28.2 Å². The van der Waals surface area contributed by atoms with Gasteiger partial charge < -0.3 is 14.6 Å². The zero-order chi connectivity index (χ0) is 39.7. The summed E-state index contributed by atoms with van der Waals surface area (Å²) in [6.07, 6.45) is 10.1. The summed E-state index contributed by atoms with van der Waals surface area (Å²) in [5.74, 6) is -0.106. The maximum atomic E-state index is 13.5. The number of carbonyl (C=O) groups is 1. The monoisotopic (exact) mass is 767 g/mol. The van der Waals surface area contributed by atoms with Gasteiger partial charge in [-0.1, -0.05) is 134 Å². The molecular weight excluding hydrogens is 711 g/mol. The van der Waals surface area contributed by atoms with E-state index in [0.717, 1.165) is 79.1 Å². The lowest BCUT2D eigenvalue weighted by Gasteiger charge is -2.26. The van der Waals surface area contributed by atoms with Crippen LogP contribution >= 0.6 is 11.8 Å². The predicted molar refractivity (Wildman–Crippen MR) is 236 cm³/mol. The molecule has 1 amide bonds. The quantitative estimate of drug-likeness (QED) is 0.0736. The van der Waals surface area contributed by atoms with Gasteiger partial charge in [0, 0.05) is 46.4 Å². The summed E-state index contributed by atoms with van der Waals surface area (Å²) in [5, 5.41) is 2.91. The Labute approximate surface area is 337 Å². The van der Waals surface area contributed by atoms with Crippen LogP contribution in [0.2, 0.25) is 0 Å². The lowest BCUT2D eigenvalue weighted by atomic mass is 9.86. The van der Waals surface area contributed by atoms with Crippen molar-refractivity contribution < 1.29 is 9.21 Å². The van der Waals surface area contributed by atoms with E-state index in [-0.39, 0.29) is 11.0 Å². The Balaban J connectivity index is 1.36. The minimum Gasteiger partial charge on any atom is -0.453 e. The maximum Gasteiger partial charge on any atom is 0.259 e. The average molecular weight is 768 g/mol. The molecule has 56 heavy (non-hydrogen) atoms. The lowest BCUT2D eigenvalue weighted by Crippen LogP contribution is -2.25. The Bertz CT molecular complexity index is 2230. The van der Waals surface area contributed by atoms with Crippen molar-refractivity contribution in [3.8, 4) is 22.6 Å². The normalized spacial score (nSPS) is 11.7. The van der Waals surface area contributed by atoms with E-state index >= 15 is 0 Å². The van der Waals surface area contributed by atoms with Crippen LogP contribution in [0.5, 0.6) is 0 Å². The van der Waals surface area contributed by atoms with Crippen molar-refractivity contribution in [2.45, 2.75) is 115 Å². The number of amides is 1. The van der Waals surface area contributed by atoms with E-state index in [1.54, 1.807) is 17.8 Å². The summed E-state index contributed by atoms with van der Waals surface area (Å²) in [6.45, 7) is 15.3. The number of benzene rings is 5. The van der Waals surface area contributed by atoms with Crippen molar-refractivity contribution >= 4 is 40.1 Å². The van der Waals surface area contributed by atoms with Gasteiger partial charge in [-0.25, -0.2) is 4.98 Å². The number of nitrogens with zero attached hydrogens (tertiary/aromatic N) is 2. The molecule has 0 radical (unpaired) electrons. The summed E-state index contributed by atoms with van der Waals surface area (Å²) < 4.78 is 6.52. The molecule has 1 heterocycles. The Morgan fingerprint density at radius 1 is 0.750 bits per heavy atom. The molecule has 4 aromatic carbocycles. The van der Waals surface area contributed by atoms with E-state index in [1.807, 2.05) is 24.3 Å². The molecule has 2 aliphatic rings. The van der Waals surface area contributed by atoms with Crippen molar-refractivity contribution in [3.05, 3.63) is 124 Å². The minimum absolute atomic E-state index is 0.0320. The number of rotatable bonds is 17. The smallest absolute Gasteiger partial charge is 0.259 e. The second-order valence-electron chi connectivity index (χ2n) is 15.9. The largest absolute Gasteiger partial charge is 0.453 e. The second kappa shape index (κ2) is 18.8. The first-order chi connectivity index (χ1) is 27.1. The van der Waals surface area contributed by atoms with Crippen LogP contribution in [0.4, 0.5) is 11.4 Å². The van der Waals surface area contributed by atoms with Crippen LogP contribution in [-0.4, -0.2) is 24.0 Å². The summed E-state index contributed by atoms with van der Waals surface area (Å²) in [6, 6.07) is 32.6. The first-order valence-corrected chi connectivity index (χ1v) is 21.3. The van der Waals surface area contributed by atoms with E-state index < -0.39 is 11.3 Å². The highest BCUT2D eigenvalue weighted by molar-refractivity contribution is 7.99. The predicted octanol–water partition coefficient (Wildman–Crippen LogP) is 13.2. The summed E-state index contributed by atoms with van der Waals surface area (Å²) >= 11 is 1.65. The number of anilines is 2. The van der Waals surface area contributed by atoms with E-state index in [9.17, 15) is 9.59 Å². The fourth-order valence-electron chi connectivity index (χ4n) is 6.97. The first kappa shape index (κ1) is 40.8. The lowest BCUT2D eigenvalue weighted by molar-refractivity contribution is 0.102. The molecular formula is C49H57N3O3S. The molecule has 0 unspecified atom stereocenters. The summed E-state index contributed by atoms with van der Waals surface area (Å²) in [4.78, 5) is 36.4. The van der Waals surface area contributed by atoms with Gasteiger partial charge in [0.25, 0.3) is 5.91 Å². The number of hydrogen-bond acceptors (Lipinski definition) is 6. The van der Waals surface area contributed by atoms with Crippen molar-refractivity contribution in [1.82, 2.24) is 4.98 Å². The molecule has 4 aromatic rings. The third-order valence-electron chi connectivity index (χ3n) is 10.4. The molecule has 0 spiro atoms. The number of nitrogens with one attached hydrogen (secondary N) is 1. The Morgan fingerprint density at radius 2 is 1.38 bits per heavy atom. The SMILES string of the molecule is CCCCCN(CCCCC)c1cc(Sc2ccc(-c3ccc(C(C)(C)C)cc3)cc2)c2nc3cc(C(=O)Nc4ccc(CCCC)cc4)c(=O)cc-3oc2c1. The van der Waals surface area contributed by atoms with Crippen molar-refractivity contribution in [1.29, 1.82) is 0 Å². The Hall–Kier alpha value is -4.88. The fourth-order valence-corrected chi connectivity index (χ4v) is 7.92. The maximum absolute atomic E-state index is 13.5. The zero-order valence-corrected chi connectivity index (χ0v) is 34.9. The van der Waals surface area contributed by atoms with E-state index in [4.69, 9.17) is 9.40 Å². The van der Waals surface area contributed by atoms with Crippen LogP contribution in [0.1, 0.15) is 114 Å². The second-order valence-corrected chi connectivity index (χ2v) is 17.0. The highest BCUT2D eigenvalue weighted by Gasteiger charge is 2.21. The van der Waals surface area contributed by atoms with Crippen molar-refractivity contribution in [2.75, 3.05) is 23.3 Å². The molecule has 292 valence electrons. The van der Waals surface area contributed by atoms with Gasteiger partial charge in [-0.15, -0.1) is 0 Å². The van der Waals surface area contributed by atoms with Crippen LogP contribution in [0.3, 0.4) is 0 Å². The van der Waals surface area contributed by atoms with Crippen molar-refractivity contribution in [2.24, 2.45) is 0 Å². The van der Waals surface area contributed by atoms with E-state index in [1.165, 1.54) is 35.6 Å². The molecule has 0 saturated carbocycles. The van der Waals surface area contributed by atoms with Crippen LogP contribution in [0.25, 0.3) is 33.7 Å². The van der Waals surface area contributed by atoms with Gasteiger partial charge in [0.1, 0.15) is 11.2 Å². The molecule has 6 nitrogen and oxygen atoms in total. The van der Waals surface area contributed by atoms with Gasteiger partial charge in [0.2, 0.25) is 0 Å². The van der Waals surface area contributed by atoms with Gasteiger partial charge in [-0.3, -0.25) is 9.59 Å². The van der Waals surface area contributed by atoms with E-state index in [2.05, 4.69) is 112 Å². The van der Waals surface area contributed by atoms with Crippen LogP contribution in [-0.2, 0) is 11.8 Å². The minimum atomic E-state index is -0.465. The third-order valence-corrected chi connectivity index (χ3v) is 11.4. The standard InChI is InChI=1S/C49H57N3O3S/c1-7-10-13-28-52(29-14-11-8-2)39-30-45-47(46(31-39)56-40-26-20-36(21-27-40)35-18-22-37(23-19-35)49(4,5)6)51-42-32-41(43(53)33-44(42)55-45)48(54)50-38-24-16-34(17-25-38)15-12-9-3/h16-27,30-33H,7-15,28-29H2,1-6H3,(H,50,54). The molecule has 0 atom stereocenters. The molecule has 7 heteroatoms. The number of fused-ring (bicyclic) bond motifs is 2. The summed E-state index contributed by atoms with van der Waals surface area (Å²) in [7, 11) is 0. The van der Waals surface area contributed by atoms with Gasteiger partial charge in [-0.2, -0.15) is 0 Å². The van der Waals surface area contributed by atoms with Gasteiger partial charge in [0.05, 0.1) is 5.56 Å². The number of unbranched alkanes of at least 4 members (excludes halogenated alkanes) is 5. The van der Waals surface area contributed by atoms with Gasteiger partial charge in [0.15, 0.2) is 16.8 Å². The number of aryl methyl sites for hydroxylation is 1. The van der Waals surface area contributed by atoms with Crippen LogP contribution in [0.15, 0.2) is 116 Å². The molecule has 0 aromatic heterocycles. The molecule has 0 bridgehead atoms. The molecule has 0 fully saturated rings. The molecule has 0 saturated heterocycles. The summed E-state index contributed by atoms with van der Waals surface area (Å²) in [5.41, 5.74) is 8.13. The highest BCUT2D eigenvalue weighted by Crippen LogP contribution is 2.39.